The molecule has 11 nitrogen and oxygen atoms in total. The average Bonchev–Trinajstić information content (AvgIpc) is 3.14. The van der Waals surface area contributed by atoms with Crippen molar-refractivity contribution in [2.24, 2.45) is 22.7 Å². The maximum Gasteiger partial charge on any atom is 0.251 e. The van der Waals surface area contributed by atoms with Gasteiger partial charge < -0.3 is 15.2 Å². The summed E-state index contributed by atoms with van der Waals surface area (Å²) < 4.78 is 26.5. The highest BCUT2D eigenvalue weighted by molar-refractivity contribution is 7.88. The Balaban J connectivity index is 1.58. The number of aromatic amines is 1. The van der Waals surface area contributed by atoms with Crippen LogP contribution in [0.25, 0.3) is 10.9 Å². The van der Waals surface area contributed by atoms with E-state index in [4.69, 9.17) is 0 Å². The van der Waals surface area contributed by atoms with Crippen LogP contribution >= 0.6 is 0 Å². The number of nitriles is 1. The Hall–Kier alpha value is -3.30. The second-order valence-corrected chi connectivity index (χ2v) is 13.8. The second kappa shape index (κ2) is 9.47. The van der Waals surface area contributed by atoms with Gasteiger partial charge in [-0.05, 0) is 34.8 Å². The Labute approximate surface area is 222 Å². The lowest BCUT2D eigenvalue weighted by Gasteiger charge is -2.37. The lowest BCUT2D eigenvalue weighted by Crippen LogP contribution is -2.59. The molecule has 2 aromatic rings. The Morgan fingerprint density at radius 2 is 2.03 bits per heavy atom. The monoisotopic (exact) mass is 542 g/mol. The first-order chi connectivity index (χ1) is 17.5. The minimum absolute atomic E-state index is 0.0270. The molecule has 12 heteroatoms. The normalized spacial score (nSPS) is 23.8. The summed E-state index contributed by atoms with van der Waals surface area (Å²) in [6.07, 6.45) is 4.13. The Morgan fingerprint density at radius 3 is 2.63 bits per heavy atom. The predicted octanol–water partition coefficient (Wildman–Crippen LogP) is 0.921. The highest BCUT2D eigenvalue weighted by atomic mass is 32.2. The fourth-order valence-electron chi connectivity index (χ4n) is 5.64. The van der Waals surface area contributed by atoms with Gasteiger partial charge in [0.05, 0.1) is 17.8 Å². The van der Waals surface area contributed by atoms with Crippen LogP contribution < -0.4 is 15.6 Å². The van der Waals surface area contributed by atoms with Crippen LogP contribution in [0.3, 0.4) is 0 Å². The van der Waals surface area contributed by atoms with Crippen LogP contribution in [-0.4, -0.2) is 66.0 Å². The van der Waals surface area contributed by atoms with Crippen LogP contribution in [0.2, 0.25) is 0 Å². The topological polar surface area (TPSA) is 165 Å². The third-order valence-electron chi connectivity index (χ3n) is 7.82. The van der Waals surface area contributed by atoms with Gasteiger partial charge >= 0.3 is 0 Å². The van der Waals surface area contributed by atoms with Crippen LogP contribution in [0.4, 0.5) is 0 Å². The maximum absolute atomic E-state index is 13.7. The number of rotatable bonds is 7. The molecular weight excluding hydrogens is 508 g/mol. The van der Waals surface area contributed by atoms with Gasteiger partial charge in [-0.2, -0.15) is 5.26 Å². The zero-order valence-electron chi connectivity index (χ0n) is 22.4. The first-order valence-corrected chi connectivity index (χ1v) is 14.4. The van der Waals surface area contributed by atoms with Gasteiger partial charge in [-0.25, -0.2) is 13.1 Å². The van der Waals surface area contributed by atoms with Crippen LogP contribution in [0.1, 0.15) is 40.2 Å². The average molecular weight is 543 g/mol. The zero-order valence-corrected chi connectivity index (χ0v) is 23.2. The number of H-pyrrole nitrogens is 1. The first kappa shape index (κ1) is 27.7. The molecule has 38 heavy (non-hydrogen) atoms. The van der Waals surface area contributed by atoms with E-state index in [0.717, 1.165) is 6.26 Å². The summed E-state index contributed by atoms with van der Waals surface area (Å²) in [6, 6.07) is 2.44. The molecule has 2 amide bonds. The molecule has 2 fully saturated rings. The van der Waals surface area contributed by atoms with Crippen molar-refractivity contribution in [3.63, 3.8) is 0 Å². The van der Waals surface area contributed by atoms with Gasteiger partial charge in [-0.1, -0.05) is 34.6 Å². The summed E-state index contributed by atoms with van der Waals surface area (Å²) >= 11 is 0. The molecule has 2 aromatic heterocycles. The Bertz CT molecular complexity index is 1490. The summed E-state index contributed by atoms with van der Waals surface area (Å²) in [5.41, 5.74) is -0.342. The Kier molecular flexibility index (Phi) is 6.91. The fraction of sp³-hybridized carbons (Fsp3) is 0.577. The number of aromatic nitrogens is 2. The molecule has 0 spiro atoms. The van der Waals surface area contributed by atoms with Crippen LogP contribution in [0, 0.1) is 34.0 Å². The fourth-order valence-corrected chi connectivity index (χ4v) is 6.52. The van der Waals surface area contributed by atoms with Crippen molar-refractivity contribution in [2.45, 2.75) is 59.2 Å². The quantitative estimate of drug-likeness (QED) is 0.468. The molecule has 3 N–H and O–H groups in total. The van der Waals surface area contributed by atoms with E-state index in [9.17, 15) is 28.1 Å². The van der Waals surface area contributed by atoms with Gasteiger partial charge in [0, 0.05) is 36.3 Å². The summed E-state index contributed by atoms with van der Waals surface area (Å²) in [6.45, 7) is 9.65. The molecule has 0 unspecified atom stereocenters. The number of sulfonamides is 1. The molecule has 0 aromatic carbocycles. The van der Waals surface area contributed by atoms with Crippen molar-refractivity contribution in [1.29, 1.82) is 5.26 Å². The van der Waals surface area contributed by atoms with Crippen molar-refractivity contribution in [3.8, 4) is 6.07 Å². The van der Waals surface area contributed by atoms with Crippen molar-refractivity contribution >= 4 is 32.7 Å². The van der Waals surface area contributed by atoms with E-state index in [0.29, 0.717) is 23.0 Å². The number of nitrogens with one attached hydrogen (secondary N) is 3. The first-order valence-electron chi connectivity index (χ1n) is 12.5. The largest absolute Gasteiger partial charge is 0.338 e. The number of amides is 2. The molecule has 1 saturated carbocycles. The molecule has 204 valence electrons. The number of carbonyl (C=O) groups excluding carboxylic acids is 2. The standard InChI is InChI=1S/C26H34N6O5S/c1-25(2,3)21(31-38(6,36)37)24(35)32-13-17-19(26(17,4)5)20(32)23(34)29-16(11-27)10-14-9-15-12-28-8-7-18(15)30-22(14)33/h7-9,12,16-17,19-21,31H,10,13H2,1-6H3,(H,29,34)(H,30,33)/t16-,17-,19+,20-,21+/m0/s1. The number of hydrogen-bond donors (Lipinski definition) is 3. The number of pyridine rings is 2. The molecule has 0 bridgehead atoms. The maximum atomic E-state index is 13.7. The van der Waals surface area contributed by atoms with Crippen molar-refractivity contribution < 1.29 is 18.0 Å². The summed E-state index contributed by atoms with van der Waals surface area (Å²) in [5, 5.41) is 13.3. The molecular formula is C26H34N6O5S. The zero-order chi connectivity index (χ0) is 28.2. The highest BCUT2D eigenvalue weighted by Crippen LogP contribution is 2.65. The van der Waals surface area contributed by atoms with Gasteiger partial charge in [0.25, 0.3) is 5.56 Å². The van der Waals surface area contributed by atoms with Gasteiger partial charge in [-0.15, -0.1) is 0 Å². The van der Waals surface area contributed by atoms with E-state index in [1.165, 1.54) is 4.90 Å². The predicted molar refractivity (Wildman–Crippen MR) is 141 cm³/mol. The number of hydrogen-bond acceptors (Lipinski definition) is 7. The third kappa shape index (κ3) is 5.31. The highest BCUT2D eigenvalue weighted by Gasteiger charge is 2.69. The van der Waals surface area contributed by atoms with Crippen molar-refractivity contribution in [3.05, 3.63) is 40.4 Å². The molecule has 1 aliphatic carbocycles. The number of piperidine rings is 1. The Morgan fingerprint density at radius 1 is 1.34 bits per heavy atom. The van der Waals surface area contributed by atoms with Gasteiger partial charge in [0.1, 0.15) is 18.1 Å². The lowest BCUT2D eigenvalue weighted by atomic mass is 9.86. The van der Waals surface area contributed by atoms with Crippen LogP contribution in [0.5, 0.6) is 0 Å². The van der Waals surface area contributed by atoms with Crippen molar-refractivity contribution in [2.75, 3.05) is 12.8 Å². The molecule has 5 atom stereocenters. The van der Waals surface area contributed by atoms with Crippen molar-refractivity contribution in [1.82, 2.24) is 24.9 Å². The number of fused-ring (bicyclic) bond motifs is 2. The van der Waals surface area contributed by atoms with Crippen LogP contribution in [0.15, 0.2) is 29.3 Å². The minimum atomic E-state index is -3.70. The van der Waals surface area contributed by atoms with E-state index < -0.39 is 45.4 Å². The number of nitrogens with zero attached hydrogens (tertiary/aromatic N) is 3. The minimum Gasteiger partial charge on any atom is -0.338 e. The van der Waals surface area contributed by atoms with Gasteiger partial charge in [0.2, 0.25) is 21.8 Å². The SMILES string of the molecule is CC(C)(C)[C@H](NS(C)(=O)=O)C(=O)N1C[C@H]2[C@H]([C@H]1C(=O)N[C@H](C#N)Cc1cc3cnccc3[nH]c1=O)C2(C)C. The van der Waals surface area contributed by atoms with E-state index in [1.54, 1.807) is 45.3 Å². The molecule has 2 aliphatic rings. The number of likely N-dealkylation sites (tertiary alicyclic amines) is 1. The summed E-state index contributed by atoms with van der Waals surface area (Å²) in [4.78, 5) is 48.1. The molecule has 3 heterocycles. The van der Waals surface area contributed by atoms with Gasteiger partial charge in [-0.3, -0.25) is 19.4 Å². The lowest BCUT2D eigenvalue weighted by molar-refractivity contribution is -0.143. The van der Waals surface area contributed by atoms with E-state index in [1.807, 2.05) is 13.8 Å². The molecule has 1 saturated heterocycles. The third-order valence-corrected chi connectivity index (χ3v) is 8.49. The van der Waals surface area contributed by atoms with E-state index in [-0.39, 0.29) is 29.2 Å². The van der Waals surface area contributed by atoms with E-state index >= 15 is 0 Å². The molecule has 0 radical (unpaired) electrons. The molecule has 4 rings (SSSR count). The van der Waals surface area contributed by atoms with Crippen LogP contribution in [-0.2, 0) is 26.0 Å². The molecule has 1 aliphatic heterocycles. The smallest absolute Gasteiger partial charge is 0.251 e. The van der Waals surface area contributed by atoms with E-state index in [2.05, 4.69) is 26.1 Å². The number of carbonyl (C=O) groups is 2. The second-order valence-electron chi connectivity index (χ2n) is 12.1. The summed E-state index contributed by atoms with van der Waals surface area (Å²) in [5.74, 6) is -1.01. The van der Waals surface area contributed by atoms with Gasteiger partial charge in [0.15, 0.2) is 0 Å². The summed E-state index contributed by atoms with van der Waals surface area (Å²) in [7, 11) is -3.70.